The molecule has 0 unspecified atom stereocenters. The molecule has 528 valence electrons. The summed E-state index contributed by atoms with van der Waals surface area (Å²) in [7, 11) is 0. The van der Waals surface area contributed by atoms with Crippen molar-refractivity contribution in [3.63, 3.8) is 0 Å². The van der Waals surface area contributed by atoms with Crippen molar-refractivity contribution in [1.82, 2.24) is 0 Å². The van der Waals surface area contributed by atoms with Crippen LogP contribution in [0.3, 0.4) is 0 Å². The Hall–Kier alpha value is -11.8. The molecular formula is C104H84HfO4. The molecule has 109 heavy (non-hydrogen) atoms. The first-order valence-corrected chi connectivity index (χ1v) is 36.9. The second-order valence-corrected chi connectivity index (χ2v) is 26.9. The minimum Gasteiger partial charge on any atom is -0.842 e. The molecule has 0 atom stereocenters. The zero-order valence-electron chi connectivity index (χ0n) is 60.6. The van der Waals surface area contributed by atoms with Gasteiger partial charge in [0.05, 0.1) is 0 Å². The zero-order valence-corrected chi connectivity index (χ0v) is 64.2. The Morgan fingerprint density at radius 3 is 0.275 bits per heavy atom. The third kappa shape index (κ3) is 17.6. The van der Waals surface area contributed by atoms with Gasteiger partial charge in [-0.15, -0.1) is 0 Å². The summed E-state index contributed by atoms with van der Waals surface area (Å²) in [6, 6.07) is 159. The van der Waals surface area contributed by atoms with E-state index in [1.807, 2.05) is 388 Å². The number of benzene rings is 16. The van der Waals surface area contributed by atoms with Gasteiger partial charge in [0.25, 0.3) is 0 Å². The van der Waals surface area contributed by atoms with Crippen molar-refractivity contribution < 1.29 is 46.3 Å². The molecule has 0 fully saturated rings. The predicted octanol–water partition coefficient (Wildman–Crippen LogP) is 20.5. The van der Waals surface area contributed by atoms with Gasteiger partial charge < -0.3 is 20.4 Å². The van der Waals surface area contributed by atoms with E-state index in [4.69, 9.17) is 0 Å². The van der Waals surface area contributed by atoms with Gasteiger partial charge in [0, 0.05) is 23.7 Å². The molecule has 0 amide bonds. The fourth-order valence-corrected chi connectivity index (χ4v) is 15.3. The molecule has 16 aromatic carbocycles. The maximum absolute atomic E-state index is 14.8. The van der Waals surface area contributed by atoms with Crippen molar-refractivity contribution in [2.24, 2.45) is 0 Å². The van der Waals surface area contributed by atoms with E-state index < -0.39 is 22.4 Å². The molecule has 5 heteroatoms. The molecule has 0 aliphatic rings. The van der Waals surface area contributed by atoms with Gasteiger partial charge in [-0.2, -0.15) is 0 Å². The molecule has 0 aliphatic carbocycles. The van der Waals surface area contributed by atoms with Gasteiger partial charge in [0.1, 0.15) is 0 Å². The molecular weight excluding hydrogens is 1490 g/mol. The molecule has 16 aromatic rings. The molecule has 0 saturated carbocycles. The van der Waals surface area contributed by atoms with Crippen LogP contribution >= 0.6 is 0 Å². The van der Waals surface area contributed by atoms with E-state index in [0.717, 1.165) is 89.0 Å². The summed E-state index contributed by atoms with van der Waals surface area (Å²) >= 11 is 0. The van der Waals surface area contributed by atoms with Gasteiger partial charge in [-0.25, -0.2) is 0 Å². The van der Waals surface area contributed by atoms with Gasteiger partial charge in [-0.05, 0) is 66.9 Å². The molecule has 0 aromatic heterocycles. The summed E-state index contributed by atoms with van der Waals surface area (Å²) in [5.74, 6) is -1.37. The average Bonchev–Trinajstić information content (AvgIpc) is 0.771. The maximum atomic E-state index is 14.8. The first-order valence-electron chi connectivity index (χ1n) is 36.9. The standard InChI is InChI=1S/4C26H21O.Hf/c4*27-26(23-17-9-3-10-18-23,24-19-11-4-12-20-24)25(21-13-5-1-6-14-21)22-15-7-2-8-16-22;/h4*1-20,25H;/q4*-1;+4. The van der Waals surface area contributed by atoms with Gasteiger partial charge >= 0.3 is 25.8 Å². The Bertz CT molecular complexity index is 4220. The zero-order chi connectivity index (χ0) is 74.1. The molecule has 0 N–H and O–H groups in total. The average molecular weight is 1580 g/mol. The first-order chi connectivity index (χ1) is 53.2. The van der Waals surface area contributed by atoms with Crippen molar-refractivity contribution in [2.75, 3.05) is 0 Å². The molecule has 16 rings (SSSR count). The van der Waals surface area contributed by atoms with Crippen LogP contribution in [0.5, 0.6) is 0 Å². The van der Waals surface area contributed by atoms with Gasteiger partial charge in [0.15, 0.2) is 0 Å². The van der Waals surface area contributed by atoms with Crippen molar-refractivity contribution >= 4 is 0 Å². The van der Waals surface area contributed by atoms with Crippen LogP contribution in [0, 0.1) is 0 Å². The van der Waals surface area contributed by atoms with Crippen LogP contribution in [0.2, 0.25) is 0 Å². The van der Waals surface area contributed by atoms with E-state index >= 15 is 0 Å². The molecule has 4 nitrogen and oxygen atoms in total. The molecule has 0 spiro atoms. The summed E-state index contributed by atoms with van der Waals surface area (Å²) in [4.78, 5) is 0. The van der Waals surface area contributed by atoms with Crippen LogP contribution in [0.15, 0.2) is 485 Å². The minimum absolute atomic E-state index is 0. The minimum atomic E-state index is -1.44. The van der Waals surface area contributed by atoms with Crippen LogP contribution in [0.4, 0.5) is 0 Å². The predicted molar refractivity (Wildman–Crippen MR) is 434 cm³/mol. The number of rotatable bonds is 20. The fraction of sp³-hybridized carbons (Fsp3) is 0.0769. The smallest absolute Gasteiger partial charge is 0.842 e. The number of hydrogen-bond acceptors (Lipinski definition) is 4. The summed E-state index contributed by atoms with van der Waals surface area (Å²) in [6.45, 7) is 0. The van der Waals surface area contributed by atoms with Gasteiger partial charge in [-0.1, -0.05) is 530 Å². The normalized spacial score (nSPS) is 11.4. The topological polar surface area (TPSA) is 92.2 Å². The van der Waals surface area contributed by atoms with Gasteiger partial charge in [-0.3, -0.25) is 0 Å². The Morgan fingerprint density at radius 2 is 0.193 bits per heavy atom. The van der Waals surface area contributed by atoms with Gasteiger partial charge in [0.2, 0.25) is 0 Å². The quantitative estimate of drug-likeness (QED) is 0.0711. The molecule has 0 radical (unpaired) electrons. The van der Waals surface area contributed by atoms with Crippen LogP contribution in [0.25, 0.3) is 0 Å². The van der Waals surface area contributed by atoms with E-state index in [-0.39, 0.29) is 49.5 Å². The molecule has 0 saturated heterocycles. The van der Waals surface area contributed by atoms with E-state index in [1.165, 1.54) is 0 Å². The Kier molecular flexibility index (Phi) is 26.6. The Labute approximate surface area is 661 Å². The Balaban J connectivity index is 0.000000135. The summed E-state index contributed by atoms with van der Waals surface area (Å²) in [6.07, 6.45) is 0. The largest absolute Gasteiger partial charge is 4.00 e. The SMILES string of the molecule is [Hf+4].[O-]C(c1ccccc1)(c1ccccc1)C(c1ccccc1)c1ccccc1.[O-]C(c1ccccc1)(c1ccccc1)C(c1ccccc1)c1ccccc1.[O-]C(c1ccccc1)(c1ccccc1)C(c1ccccc1)c1ccccc1.[O-]C(c1ccccc1)(c1ccccc1)C(c1ccccc1)c1ccccc1. The molecule has 0 heterocycles. The third-order valence-electron chi connectivity index (χ3n) is 20.3. The first kappa shape index (κ1) is 76.9. The van der Waals surface area contributed by atoms with Crippen LogP contribution in [-0.2, 0) is 48.2 Å². The maximum Gasteiger partial charge on any atom is 4.00 e. The van der Waals surface area contributed by atoms with Crippen LogP contribution < -0.4 is 20.4 Å². The Morgan fingerprint density at radius 1 is 0.119 bits per heavy atom. The van der Waals surface area contributed by atoms with Crippen molar-refractivity contribution in [1.29, 1.82) is 0 Å². The summed E-state index contributed by atoms with van der Waals surface area (Å²) in [5, 5.41) is 59.2. The van der Waals surface area contributed by atoms with Crippen LogP contribution in [0.1, 0.15) is 113 Å². The monoisotopic (exact) mass is 1580 g/mol. The van der Waals surface area contributed by atoms with Crippen molar-refractivity contribution in [2.45, 2.75) is 46.1 Å². The molecule has 0 bridgehead atoms. The molecule has 0 aliphatic heterocycles. The van der Waals surface area contributed by atoms with E-state index in [2.05, 4.69) is 97.1 Å². The van der Waals surface area contributed by atoms with Crippen LogP contribution in [-0.4, -0.2) is 0 Å². The second kappa shape index (κ2) is 37.7. The fourth-order valence-electron chi connectivity index (χ4n) is 15.3. The van der Waals surface area contributed by atoms with E-state index in [0.29, 0.717) is 0 Å². The third-order valence-corrected chi connectivity index (χ3v) is 20.3. The van der Waals surface area contributed by atoms with E-state index in [9.17, 15) is 20.4 Å². The van der Waals surface area contributed by atoms with Crippen molar-refractivity contribution in [3.8, 4) is 0 Å². The summed E-state index contributed by atoms with van der Waals surface area (Å²) < 4.78 is 0. The summed E-state index contributed by atoms with van der Waals surface area (Å²) in [5.41, 5.74) is 8.58. The second-order valence-electron chi connectivity index (χ2n) is 26.9. The van der Waals surface area contributed by atoms with Crippen molar-refractivity contribution in [3.05, 3.63) is 574 Å². The van der Waals surface area contributed by atoms with E-state index in [1.54, 1.807) is 0 Å². The number of hydrogen-bond donors (Lipinski definition) is 0.